The fourth-order valence-corrected chi connectivity index (χ4v) is 4.85. The molecule has 3 aromatic rings. The molecule has 2 saturated heterocycles. The molecule has 32 heavy (non-hydrogen) atoms. The molecule has 6 rings (SSSR count). The molecule has 3 aliphatic rings. The van der Waals surface area contributed by atoms with Crippen LogP contribution in [0.5, 0.6) is 0 Å². The number of amides is 1. The molecular formula is C22H21FN6O3. The van der Waals surface area contributed by atoms with Crippen LogP contribution in [-0.2, 0) is 21.6 Å². The summed E-state index contributed by atoms with van der Waals surface area (Å²) < 4.78 is 27.4. The third-order valence-electron chi connectivity index (χ3n) is 6.72. The fourth-order valence-electron chi connectivity index (χ4n) is 4.85. The SMILES string of the molecule is NC1(c2ccc(-c3ccc(N4C[C@H](Cn5ccnn5)OC4=O)cc3F)cn2)[C@@H]2COC[C@@H]21. The molecule has 0 bridgehead atoms. The first-order valence-corrected chi connectivity index (χ1v) is 10.5. The van der Waals surface area contributed by atoms with Crippen LogP contribution in [0, 0.1) is 17.7 Å². The molecule has 1 amide bonds. The van der Waals surface area contributed by atoms with Gasteiger partial charge < -0.3 is 15.2 Å². The number of fused-ring (bicyclic) bond motifs is 1. The minimum absolute atomic E-state index is 0.304. The second-order valence-corrected chi connectivity index (χ2v) is 8.52. The number of carbonyl (C=O) groups excluding carboxylic acids is 1. The highest BCUT2D eigenvalue weighted by Crippen LogP contribution is 2.58. The van der Waals surface area contributed by atoms with Gasteiger partial charge in [0.1, 0.15) is 11.9 Å². The van der Waals surface area contributed by atoms with Crippen LogP contribution in [0.4, 0.5) is 14.9 Å². The van der Waals surface area contributed by atoms with Crippen molar-refractivity contribution in [3.05, 3.63) is 60.4 Å². The van der Waals surface area contributed by atoms with Gasteiger partial charge in [0.15, 0.2) is 0 Å². The van der Waals surface area contributed by atoms with Gasteiger partial charge in [-0.15, -0.1) is 5.10 Å². The third-order valence-corrected chi connectivity index (χ3v) is 6.72. The van der Waals surface area contributed by atoms with Gasteiger partial charge >= 0.3 is 6.09 Å². The average Bonchev–Trinajstić information content (AvgIpc) is 3.36. The standard InChI is InChI=1S/C22H21FN6O3/c23-19-7-14(29-10-15(32-21(29)30)9-28-6-5-26-27-28)2-3-16(19)13-1-4-20(25-8-13)22(24)17-11-31-12-18(17)22/h1-8,15,17-18H,9-12,24H2/t15-,17-,18+,22?/m0/s1. The van der Waals surface area contributed by atoms with Gasteiger partial charge in [-0.25, -0.2) is 13.9 Å². The van der Waals surface area contributed by atoms with E-state index in [-0.39, 0.29) is 6.10 Å². The average molecular weight is 436 g/mol. The fraction of sp³-hybridized carbons (Fsp3) is 0.364. The van der Waals surface area contributed by atoms with Crippen molar-refractivity contribution < 1.29 is 18.7 Å². The minimum atomic E-state index is -0.513. The lowest BCUT2D eigenvalue weighted by Gasteiger charge is -2.16. The summed E-state index contributed by atoms with van der Waals surface area (Å²) in [5, 5.41) is 7.62. The maximum Gasteiger partial charge on any atom is 0.414 e. The molecule has 2 aromatic heterocycles. The van der Waals surface area contributed by atoms with Gasteiger partial charge in [0.25, 0.3) is 0 Å². The van der Waals surface area contributed by atoms with Crippen molar-refractivity contribution in [1.29, 1.82) is 0 Å². The summed E-state index contributed by atoms with van der Waals surface area (Å²) in [4.78, 5) is 18.2. The van der Waals surface area contributed by atoms with E-state index in [4.69, 9.17) is 15.2 Å². The summed E-state index contributed by atoms with van der Waals surface area (Å²) in [5.41, 5.74) is 8.40. The summed E-state index contributed by atoms with van der Waals surface area (Å²) in [7, 11) is 0. The van der Waals surface area contributed by atoms with E-state index in [0.29, 0.717) is 55.0 Å². The molecule has 1 aromatic carbocycles. The number of anilines is 1. The van der Waals surface area contributed by atoms with Gasteiger partial charge in [0.05, 0.1) is 49.4 Å². The zero-order chi connectivity index (χ0) is 21.9. The summed E-state index contributed by atoms with van der Waals surface area (Å²) in [6, 6.07) is 8.40. The van der Waals surface area contributed by atoms with Gasteiger partial charge in [-0.1, -0.05) is 11.3 Å². The molecule has 2 N–H and O–H groups in total. The Morgan fingerprint density at radius 2 is 2.06 bits per heavy atom. The number of halogens is 1. The predicted molar refractivity (Wildman–Crippen MR) is 111 cm³/mol. The molecule has 1 aliphatic carbocycles. The van der Waals surface area contributed by atoms with E-state index in [2.05, 4.69) is 15.3 Å². The van der Waals surface area contributed by atoms with Crippen molar-refractivity contribution in [1.82, 2.24) is 20.0 Å². The largest absolute Gasteiger partial charge is 0.442 e. The summed E-state index contributed by atoms with van der Waals surface area (Å²) in [6.07, 6.45) is 4.00. The number of cyclic esters (lactones) is 1. The Kier molecular flexibility index (Phi) is 4.27. The normalized spacial score (nSPS) is 28.6. The number of hydrogen-bond acceptors (Lipinski definition) is 7. The molecule has 3 fully saturated rings. The van der Waals surface area contributed by atoms with E-state index in [1.54, 1.807) is 35.4 Å². The van der Waals surface area contributed by atoms with Gasteiger partial charge in [0, 0.05) is 35.4 Å². The molecule has 1 saturated carbocycles. The quantitative estimate of drug-likeness (QED) is 0.651. The molecule has 2 aliphatic heterocycles. The van der Waals surface area contributed by atoms with E-state index in [9.17, 15) is 9.18 Å². The van der Waals surface area contributed by atoms with E-state index < -0.39 is 17.4 Å². The Morgan fingerprint density at radius 1 is 1.22 bits per heavy atom. The molecule has 9 nitrogen and oxygen atoms in total. The molecule has 0 radical (unpaired) electrons. The molecule has 4 heterocycles. The number of aromatic nitrogens is 4. The van der Waals surface area contributed by atoms with Crippen molar-refractivity contribution in [2.24, 2.45) is 17.6 Å². The number of benzene rings is 1. The number of pyridine rings is 1. The first-order chi connectivity index (χ1) is 15.5. The monoisotopic (exact) mass is 436 g/mol. The highest BCUT2D eigenvalue weighted by Gasteiger charge is 2.66. The van der Waals surface area contributed by atoms with Crippen molar-refractivity contribution in [3.63, 3.8) is 0 Å². The van der Waals surface area contributed by atoms with Crippen LogP contribution in [0.2, 0.25) is 0 Å². The molecule has 10 heteroatoms. The van der Waals surface area contributed by atoms with Crippen LogP contribution in [0.1, 0.15) is 5.69 Å². The second kappa shape index (κ2) is 7.07. The summed E-state index contributed by atoms with van der Waals surface area (Å²) in [6.45, 7) is 2.02. The maximum atomic E-state index is 15.0. The Labute approximate surface area is 182 Å². The van der Waals surface area contributed by atoms with Crippen LogP contribution in [-0.4, -0.2) is 51.9 Å². The molecule has 4 atom stereocenters. The van der Waals surface area contributed by atoms with Crippen molar-refractivity contribution in [2.45, 2.75) is 18.2 Å². The number of carbonyl (C=O) groups is 1. The lowest BCUT2D eigenvalue weighted by Crippen LogP contribution is -2.29. The number of nitrogens with zero attached hydrogens (tertiary/aromatic N) is 5. The van der Waals surface area contributed by atoms with Gasteiger partial charge in [-0.2, -0.15) is 0 Å². The Balaban J connectivity index is 1.19. The van der Waals surface area contributed by atoms with Gasteiger partial charge in [-0.3, -0.25) is 9.88 Å². The topological polar surface area (TPSA) is 108 Å². The molecule has 164 valence electrons. The molecule has 1 unspecified atom stereocenters. The van der Waals surface area contributed by atoms with Crippen LogP contribution in [0.25, 0.3) is 11.1 Å². The van der Waals surface area contributed by atoms with E-state index in [0.717, 1.165) is 5.69 Å². The van der Waals surface area contributed by atoms with Crippen molar-refractivity contribution >= 4 is 11.8 Å². The summed E-state index contributed by atoms with van der Waals surface area (Å²) >= 11 is 0. The van der Waals surface area contributed by atoms with Gasteiger partial charge in [0.2, 0.25) is 0 Å². The second-order valence-electron chi connectivity index (χ2n) is 8.52. The maximum absolute atomic E-state index is 15.0. The Bertz CT molecular complexity index is 1160. The number of hydrogen-bond donors (Lipinski definition) is 1. The van der Waals surface area contributed by atoms with Crippen LogP contribution in [0.3, 0.4) is 0 Å². The Morgan fingerprint density at radius 3 is 2.75 bits per heavy atom. The molecular weight excluding hydrogens is 415 g/mol. The highest BCUT2D eigenvalue weighted by molar-refractivity contribution is 5.90. The zero-order valence-electron chi connectivity index (χ0n) is 17.1. The Hall–Kier alpha value is -3.37. The lowest BCUT2D eigenvalue weighted by atomic mass is 10.0. The number of nitrogens with two attached hydrogens (primary N) is 1. The smallest absolute Gasteiger partial charge is 0.414 e. The van der Waals surface area contributed by atoms with E-state index in [1.165, 1.54) is 11.0 Å². The van der Waals surface area contributed by atoms with Crippen molar-refractivity contribution in [3.8, 4) is 11.1 Å². The van der Waals surface area contributed by atoms with Crippen LogP contribution in [0.15, 0.2) is 48.9 Å². The molecule has 0 spiro atoms. The lowest BCUT2D eigenvalue weighted by molar-refractivity contribution is 0.129. The van der Waals surface area contributed by atoms with Crippen molar-refractivity contribution in [2.75, 3.05) is 24.7 Å². The third kappa shape index (κ3) is 2.98. The van der Waals surface area contributed by atoms with E-state index >= 15 is 0 Å². The minimum Gasteiger partial charge on any atom is -0.442 e. The number of rotatable bonds is 5. The van der Waals surface area contributed by atoms with E-state index in [1.807, 2.05) is 12.1 Å². The van der Waals surface area contributed by atoms with Crippen LogP contribution >= 0.6 is 0 Å². The predicted octanol–water partition coefficient (Wildman–Crippen LogP) is 1.93. The van der Waals surface area contributed by atoms with Gasteiger partial charge in [-0.05, 0) is 24.3 Å². The number of ether oxygens (including phenoxy) is 2. The highest BCUT2D eigenvalue weighted by atomic mass is 19.1. The zero-order valence-corrected chi connectivity index (χ0v) is 17.1. The first kappa shape index (κ1) is 19.3. The summed E-state index contributed by atoms with van der Waals surface area (Å²) in [5.74, 6) is 0.180. The first-order valence-electron chi connectivity index (χ1n) is 10.5. The van der Waals surface area contributed by atoms with Crippen LogP contribution < -0.4 is 10.6 Å².